The molecule has 2 saturated carbocycles. The van der Waals surface area contributed by atoms with E-state index in [1.165, 1.54) is 20.0 Å². The first-order chi connectivity index (χ1) is 9.39. The molecule has 3 atom stereocenters. The molecule has 0 radical (unpaired) electrons. The summed E-state index contributed by atoms with van der Waals surface area (Å²) in [6, 6.07) is 1.54. The van der Waals surface area contributed by atoms with Gasteiger partial charge in [-0.3, -0.25) is 10.1 Å². The van der Waals surface area contributed by atoms with Crippen molar-refractivity contribution >= 4 is 5.97 Å². The van der Waals surface area contributed by atoms with Crippen LogP contribution in [0.4, 0.5) is 0 Å². The van der Waals surface area contributed by atoms with Crippen LogP contribution in [-0.2, 0) is 9.53 Å². The van der Waals surface area contributed by atoms with Gasteiger partial charge < -0.3 is 9.64 Å². The van der Waals surface area contributed by atoms with Gasteiger partial charge in [0, 0.05) is 18.1 Å². The lowest BCUT2D eigenvalue weighted by atomic mass is 9.96. The van der Waals surface area contributed by atoms with E-state index >= 15 is 0 Å². The number of nitrogens with zero attached hydrogens (tertiary/aromatic N) is 1. The molecule has 2 fully saturated rings. The first-order valence-electron chi connectivity index (χ1n) is 7.97. The van der Waals surface area contributed by atoms with Crippen molar-refractivity contribution in [3.8, 4) is 0 Å². The number of ether oxygens (including phenoxy) is 1. The molecule has 0 bridgehead atoms. The summed E-state index contributed by atoms with van der Waals surface area (Å²) in [7, 11) is 3.70. The number of rotatable bonds is 6. The number of nitrogens with one attached hydrogen (secondary N) is 1. The minimum absolute atomic E-state index is 0.0718. The van der Waals surface area contributed by atoms with Crippen LogP contribution in [0.3, 0.4) is 0 Å². The highest BCUT2D eigenvalue weighted by atomic mass is 16.5. The third kappa shape index (κ3) is 3.17. The molecule has 3 unspecified atom stereocenters. The van der Waals surface area contributed by atoms with Crippen LogP contribution in [0.2, 0.25) is 0 Å². The maximum absolute atomic E-state index is 12.3. The number of hydrogen-bond acceptors (Lipinski definition) is 4. The number of methoxy groups -OCH3 is 1. The monoisotopic (exact) mass is 282 g/mol. The van der Waals surface area contributed by atoms with Crippen LogP contribution in [0.15, 0.2) is 0 Å². The van der Waals surface area contributed by atoms with Crippen molar-refractivity contribution in [3.63, 3.8) is 0 Å². The van der Waals surface area contributed by atoms with Gasteiger partial charge in [-0.2, -0.15) is 0 Å². The van der Waals surface area contributed by atoms with E-state index in [-0.39, 0.29) is 5.97 Å². The Hall–Kier alpha value is -0.610. The number of carbonyl (C=O) groups excluding carboxylic acids is 1. The van der Waals surface area contributed by atoms with Crippen molar-refractivity contribution in [3.05, 3.63) is 0 Å². The molecule has 0 aromatic rings. The lowest BCUT2D eigenvalue weighted by Gasteiger charge is -2.35. The van der Waals surface area contributed by atoms with Crippen molar-refractivity contribution < 1.29 is 9.53 Å². The molecule has 0 amide bonds. The van der Waals surface area contributed by atoms with E-state index in [1.807, 2.05) is 0 Å². The Bertz CT molecular complexity index is 354. The highest BCUT2D eigenvalue weighted by Gasteiger charge is 2.50. The predicted octanol–water partition coefficient (Wildman–Crippen LogP) is 2.18. The van der Waals surface area contributed by atoms with E-state index in [0.29, 0.717) is 24.0 Å². The van der Waals surface area contributed by atoms with Crippen LogP contribution in [0.25, 0.3) is 0 Å². The standard InChI is InChI=1S/C16H30N2O2/c1-11(2)12(3)18(4)14-8-9-16(10-14,15(19)20-5)17-13-6-7-13/h11-14,17H,6-10H2,1-5H3. The molecule has 20 heavy (non-hydrogen) atoms. The van der Waals surface area contributed by atoms with Gasteiger partial charge in [-0.15, -0.1) is 0 Å². The Morgan fingerprint density at radius 2 is 1.95 bits per heavy atom. The van der Waals surface area contributed by atoms with E-state index in [2.05, 4.69) is 38.0 Å². The third-order valence-corrected chi connectivity index (χ3v) is 5.31. The van der Waals surface area contributed by atoms with E-state index in [1.54, 1.807) is 0 Å². The third-order valence-electron chi connectivity index (χ3n) is 5.31. The smallest absolute Gasteiger partial charge is 0.326 e. The molecule has 2 aliphatic rings. The highest BCUT2D eigenvalue weighted by Crippen LogP contribution is 2.37. The Kier molecular flexibility index (Phi) is 4.75. The molecule has 0 aromatic heterocycles. The molecule has 2 rings (SSSR count). The first kappa shape index (κ1) is 15.8. The van der Waals surface area contributed by atoms with Gasteiger partial charge in [-0.05, 0) is 52.0 Å². The average molecular weight is 282 g/mol. The summed E-state index contributed by atoms with van der Waals surface area (Å²) >= 11 is 0. The fraction of sp³-hybridized carbons (Fsp3) is 0.938. The molecule has 0 spiro atoms. The van der Waals surface area contributed by atoms with Crippen LogP contribution < -0.4 is 5.32 Å². The summed E-state index contributed by atoms with van der Waals surface area (Å²) in [6.45, 7) is 6.79. The van der Waals surface area contributed by atoms with Crippen molar-refractivity contribution in [1.82, 2.24) is 10.2 Å². The molecule has 0 heterocycles. The summed E-state index contributed by atoms with van der Waals surface area (Å²) in [6.07, 6.45) is 5.24. The maximum atomic E-state index is 12.3. The van der Waals surface area contributed by atoms with Crippen LogP contribution in [0.1, 0.15) is 52.9 Å². The average Bonchev–Trinajstić information content (AvgIpc) is 3.13. The minimum atomic E-state index is -0.439. The number of hydrogen-bond donors (Lipinski definition) is 1. The van der Waals surface area contributed by atoms with Gasteiger partial charge in [-0.25, -0.2) is 0 Å². The zero-order valence-electron chi connectivity index (χ0n) is 13.6. The molecule has 116 valence electrons. The normalized spacial score (nSPS) is 31.9. The van der Waals surface area contributed by atoms with Crippen LogP contribution in [0, 0.1) is 5.92 Å². The van der Waals surface area contributed by atoms with Gasteiger partial charge in [-0.1, -0.05) is 13.8 Å². The fourth-order valence-electron chi connectivity index (χ4n) is 3.36. The minimum Gasteiger partial charge on any atom is -0.468 e. The summed E-state index contributed by atoms with van der Waals surface area (Å²) in [5, 5.41) is 3.57. The van der Waals surface area contributed by atoms with Crippen molar-refractivity contribution in [2.24, 2.45) is 5.92 Å². The van der Waals surface area contributed by atoms with E-state index in [9.17, 15) is 4.79 Å². The summed E-state index contributed by atoms with van der Waals surface area (Å²) < 4.78 is 5.08. The number of esters is 1. The largest absolute Gasteiger partial charge is 0.468 e. The second-order valence-corrected chi connectivity index (χ2v) is 7.04. The van der Waals surface area contributed by atoms with Gasteiger partial charge in [0.25, 0.3) is 0 Å². The Morgan fingerprint density at radius 1 is 1.30 bits per heavy atom. The zero-order chi connectivity index (χ0) is 14.9. The maximum Gasteiger partial charge on any atom is 0.326 e. The van der Waals surface area contributed by atoms with Gasteiger partial charge in [0.2, 0.25) is 0 Å². The lowest BCUT2D eigenvalue weighted by molar-refractivity contribution is -0.148. The molecule has 4 heteroatoms. The first-order valence-corrected chi connectivity index (χ1v) is 7.97. The van der Waals surface area contributed by atoms with Gasteiger partial charge in [0.1, 0.15) is 5.54 Å². The molecular weight excluding hydrogens is 252 g/mol. The Morgan fingerprint density at radius 3 is 2.45 bits per heavy atom. The van der Waals surface area contributed by atoms with Crippen LogP contribution in [-0.4, -0.2) is 48.7 Å². The summed E-state index contributed by atoms with van der Waals surface area (Å²) in [4.78, 5) is 14.7. The number of carbonyl (C=O) groups is 1. The highest BCUT2D eigenvalue weighted by molar-refractivity contribution is 5.81. The molecule has 0 aliphatic heterocycles. The molecule has 0 aromatic carbocycles. The topological polar surface area (TPSA) is 41.6 Å². The fourth-order valence-corrected chi connectivity index (χ4v) is 3.36. The summed E-state index contributed by atoms with van der Waals surface area (Å²) in [5.41, 5.74) is -0.439. The predicted molar refractivity (Wildman–Crippen MR) is 80.6 cm³/mol. The summed E-state index contributed by atoms with van der Waals surface area (Å²) in [5.74, 6) is 0.557. The Labute approximate surface area is 123 Å². The molecule has 1 N–H and O–H groups in total. The van der Waals surface area contributed by atoms with Crippen LogP contribution >= 0.6 is 0 Å². The SMILES string of the molecule is COC(=O)C1(NC2CC2)CCC(N(C)C(C)C(C)C)C1. The molecular formula is C16H30N2O2. The second-order valence-electron chi connectivity index (χ2n) is 7.04. The molecule has 4 nitrogen and oxygen atoms in total. The van der Waals surface area contributed by atoms with Gasteiger partial charge in [0.05, 0.1) is 7.11 Å². The van der Waals surface area contributed by atoms with Gasteiger partial charge in [0.15, 0.2) is 0 Å². The van der Waals surface area contributed by atoms with Crippen LogP contribution in [0.5, 0.6) is 0 Å². The Balaban J connectivity index is 2.04. The van der Waals surface area contributed by atoms with Crippen molar-refractivity contribution in [1.29, 1.82) is 0 Å². The zero-order valence-corrected chi connectivity index (χ0v) is 13.6. The van der Waals surface area contributed by atoms with E-state index in [0.717, 1.165) is 19.3 Å². The quantitative estimate of drug-likeness (QED) is 0.758. The van der Waals surface area contributed by atoms with Crippen molar-refractivity contribution in [2.45, 2.75) is 76.5 Å². The van der Waals surface area contributed by atoms with E-state index < -0.39 is 5.54 Å². The second kappa shape index (κ2) is 6.02. The van der Waals surface area contributed by atoms with Gasteiger partial charge >= 0.3 is 5.97 Å². The van der Waals surface area contributed by atoms with Crippen molar-refractivity contribution in [2.75, 3.05) is 14.2 Å². The molecule has 2 aliphatic carbocycles. The lowest BCUT2D eigenvalue weighted by Crippen LogP contribution is -2.53. The molecule has 0 saturated heterocycles. The van der Waals surface area contributed by atoms with E-state index in [4.69, 9.17) is 4.74 Å².